The Morgan fingerprint density at radius 1 is 1.20 bits per heavy atom. The number of hydrogen-bond donors (Lipinski definition) is 2. The highest BCUT2D eigenvalue weighted by Crippen LogP contribution is 2.52. The van der Waals surface area contributed by atoms with E-state index in [4.69, 9.17) is 4.99 Å². The van der Waals surface area contributed by atoms with E-state index in [1.165, 1.54) is 24.9 Å². The summed E-state index contributed by atoms with van der Waals surface area (Å²) in [6.45, 7) is 8.98. The Balaban J connectivity index is 1.38. The van der Waals surface area contributed by atoms with Crippen molar-refractivity contribution < 1.29 is 4.79 Å². The largest absolute Gasteiger partial charge is 0.372 e. The molecule has 1 aromatic carbocycles. The van der Waals surface area contributed by atoms with Gasteiger partial charge in [-0.05, 0) is 81.7 Å². The number of rotatable bonds is 5. The molecule has 0 aromatic heterocycles. The number of carbonyl (C=O) groups excluding carboxylic acids is 1. The minimum absolute atomic E-state index is 0.0264. The molecule has 4 aliphatic rings. The van der Waals surface area contributed by atoms with Crippen molar-refractivity contribution in [2.75, 3.05) is 37.4 Å². The summed E-state index contributed by atoms with van der Waals surface area (Å²) >= 11 is 0. The van der Waals surface area contributed by atoms with Crippen molar-refractivity contribution in [3.05, 3.63) is 47.8 Å². The van der Waals surface area contributed by atoms with Gasteiger partial charge in [-0.1, -0.05) is 13.8 Å². The molecule has 1 aromatic rings. The lowest BCUT2D eigenvalue weighted by Crippen LogP contribution is -2.62. The van der Waals surface area contributed by atoms with Gasteiger partial charge in [-0.2, -0.15) is 0 Å². The van der Waals surface area contributed by atoms with E-state index in [1.54, 1.807) is 4.90 Å². The maximum absolute atomic E-state index is 13.2. The second-order valence-electron chi connectivity index (χ2n) is 11.1. The topological polar surface area (TPSA) is 63.2 Å². The predicted molar refractivity (Wildman–Crippen MR) is 143 cm³/mol. The molecule has 1 saturated carbocycles. The second kappa shape index (κ2) is 8.92. The Morgan fingerprint density at radius 2 is 1.89 bits per heavy atom. The highest BCUT2D eigenvalue weighted by Gasteiger charge is 2.56. The molecule has 1 atom stereocenters. The maximum Gasteiger partial charge on any atom is 0.269 e. The zero-order chi connectivity index (χ0) is 24.8. The van der Waals surface area contributed by atoms with Crippen LogP contribution in [0.1, 0.15) is 59.3 Å². The van der Waals surface area contributed by atoms with Gasteiger partial charge in [-0.25, -0.2) is 4.99 Å². The third kappa shape index (κ3) is 4.09. The van der Waals surface area contributed by atoms with Gasteiger partial charge >= 0.3 is 0 Å². The Hall–Kier alpha value is -2.96. The number of nitrogens with zero attached hydrogens (tertiary/aromatic N) is 4. The zero-order valence-corrected chi connectivity index (χ0v) is 21.9. The van der Waals surface area contributed by atoms with Crippen LogP contribution in [-0.4, -0.2) is 60.1 Å². The van der Waals surface area contributed by atoms with Crippen LogP contribution in [0.5, 0.6) is 0 Å². The summed E-state index contributed by atoms with van der Waals surface area (Å²) in [6, 6.07) is 8.65. The standard InChI is InChI=1S/C28H40N6O/c1-6-28(14-7-15-28)34-24(25(35)32(4)5)18-21-19-29-26(31-27(21,34)3)30-22-8-10-23(11-9-22)33-16-12-20(2)13-17-33/h8-11,18-20H,6-7,12-17H2,1-5H3,(H2,29,30,31). The van der Waals surface area contributed by atoms with Crippen LogP contribution in [0, 0.1) is 5.92 Å². The summed E-state index contributed by atoms with van der Waals surface area (Å²) in [6.07, 6.45) is 10.9. The summed E-state index contributed by atoms with van der Waals surface area (Å²) in [4.78, 5) is 24.8. The van der Waals surface area contributed by atoms with E-state index >= 15 is 0 Å². The van der Waals surface area contributed by atoms with Crippen molar-refractivity contribution in [3.63, 3.8) is 0 Å². The van der Waals surface area contributed by atoms with Gasteiger partial charge in [0.2, 0.25) is 5.96 Å². The first-order valence-electron chi connectivity index (χ1n) is 13.2. The SMILES string of the molecule is CCC1(N2C(C(=O)N(C)C)=CC3=CNC(Nc4ccc(N5CCC(C)CC5)cc4)=NC32C)CCC1. The molecule has 3 heterocycles. The molecule has 0 radical (unpaired) electrons. The van der Waals surface area contributed by atoms with Crippen molar-refractivity contribution in [3.8, 4) is 0 Å². The third-order valence-electron chi connectivity index (χ3n) is 8.53. The zero-order valence-electron chi connectivity index (χ0n) is 21.9. The lowest BCUT2D eigenvalue weighted by Gasteiger charge is -2.56. The Labute approximate surface area is 209 Å². The van der Waals surface area contributed by atoms with Crippen LogP contribution in [-0.2, 0) is 4.79 Å². The normalized spacial score (nSPS) is 25.6. The van der Waals surface area contributed by atoms with Crippen LogP contribution in [0.3, 0.4) is 0 Å². The fourth-order valence-electron chi connectivity index (χ4n) is 6.05. The van der Waals surface area contributed by atoms with E-state index in [0.717, 1.165) is 55.2 Å². The van der Waals surface area contributed by atoms with Crippen LogP contribution in [0.4, 0.5) is 11.4 Å². The number of fused-ring (bicyclic) bond motifs is 1. The highest BCUT2D eigenvalue weighted by molar-refractivity contribution is 5.98. The van der Waals surface area contributed by atoms with E-state index in [1.807, 2.05) is 26.4 Å². The van der Waals surface area contributed by atoms with Crippen molar-refractivity contribution in [1.82, 2.24) is 15.1 Å². The van der Waals surface area contributed by atoms with Crippen molar-refractivity contribution in [2.45, 2.75) is 70.5 Å². The molecule has 1 saturated heterocycles. The number of anilines is 2. The maximum atomic E-state index is 13.2. The molecular formula is C28H40N6O. The summed E-state index contributed by atoms with van der Waals surface area (Å²) in [7, 11) is 3.64. The summed E-state index contributed by atoms with van der Waals surface area (Å²) in [5, 5.41) is 6.81. The van der Waals surface area contributed by atoms with Gasteiger partial charge in [0.05, 0.1) is 0 Å². The van der Waals surface area contributed by atoms with Crippen LogP contribution in [0.25, 0.3) is 0 Å². The van der Waals surface area contributed by atoms with Gasteiger partial charge in [0.25, 0.3) is 5.91 Å². The van der Waals surface area contributed by atoms with E-state index in [2.05, 4.69) is 65.5 Å². The number of carbonyl (C=O) groups is 1. The van der Waals surface area contributed by atoms with E-state index in [9.17, 15) is 4.79 Å². The fourth-order valence-corrected chi connectivity index (χ4v) is 6.05. The number of hydrogen-bond acceptors (Lipinski definition) is 6. The Kier molecular flexibility index (Phi) is 6.06. The quantitative estimate of drug-likeness (QED) is 0.655. The molecule has 1 aliphatic carbocycles. The molecule has 7 nitrogen and oxygen atoms in total. The number of guanidine groups is 1. The monoisotopic (exact) mass is 476 g/mol. The smallest absolute Gasteiger partial charge is 0.269 e. The lowest BCUT2D eigenvalue weighted by molar-refractivity contribution is -0.129. The van der Waals surface area contributed by atoms with Gasteiger partial charge in [-0.15, -0.1) is 0 Å². The van der Waals surface area contributed by atoms with Gasteiger partial charge in [-0.3, -0.25) is 4.79 Å². The van der Waals surface area contributed by atoms with Crippen LogP contribution >= 0.6 is 0 Å². The van der Waals surface area contributed by atoms with Gasteiger partial charge < -0.3 is 25.3 Å². The average Bonchev–Trinajstić information content (AvgIpc) is 3.12. The predicted octanol–water partition coefficient (Wildman–Crippen LogP) is 4.51. The van der Waals surface area contributed by atoms with Gasteiger partial charge in [0.15, 0.2) is 5.66 Å². The fraction of sp³-hybridized carbons (Fsp3) is 0.571. The molecule has 1 amide bonds. The molecule has 5 rings (SSSR count). The summed E-state index contributed by atoms with van der Waals surface area (Å²) < 4.78 is 0. The molecule has 3 aliphatic heterocycles. The first-order valence-corrected chi connectivity index (χ1v) is 13.2. The number of amides is 1. The number of benzene rings is 1. The Morgan fingerprint density at radius 3 is 2.46 bits per heavy atom. The van der Waals surface area contributed by atoms with Gasteiger partial charge in [0, 0.05) is 55.9 Å². The number of likely N-dealkylation sites (N-methyl/N-ethyl adjacent to an activating group) is 1. The molecule has 1 unspecified atom stereocenters. The highest BCUT2D eigenvalue weighted by atomic mass is 16.2. The molecule has 35 heavy (non-hydrogen) atoms. The van der Waals surface area contributed by atoms with Crippen molar-refractivity contribution in [1.29, 1.82) is 0 Å². The van der Waals surface area contributed by atoms with E-state index in [-0.39, 0.29) is 11.4 Å². The molecule has 0 bridgehead atoms. The number of piperidine rings is 1. The molecule has 2 N–H and O–H groups in total. The van der Waals surface area contributed by atoms with E-state index < -0.39 is 5.66 Å². The summed E-state index contributed by atoms with van der Waals surface area (Å²) in [5.41, 5.74) is 3.42. The lowest BCUT2D eigenvalue weighted by atomic mass is 9.72. The molecule has 0 spiro atoms. The molecular weight excluding hydrogens is 436 g/mol. The number of nitrogens with one attached hydrogen (secondary N) is 2. The second-order valence-corrected chi connectivity index (χ2v) is 11.1. The first-order chi connectivity index (χ1) is 16.8. The number of aliphatic imine (C=N–C) groups is 1. The molecule has 188 valence electrons. The summed E-state index contributed by atoms with van der Waals surface area (Å²) in [5.74, 6) is 1.57. The average molecular weight is 477 g/mol. The Bertz CT molecular complexity index is 1050. The first kappa shape index (κ1) is 23.8. The minimum atomic E-state index is -0.616. The molecule has 7 heteroatoms. The van der Waals surface area contributed by atoms with E-state index in [0.29, 0.717) is 5.96 Å². The molecule has 2 fully saturated rings. The van der Waals surface area contributed by atoms with Crippen LogP contribution in [0.15, 0.2) is 52.8 Å². The van der Waals surface area contributed by atoms with Gasteiger partial charge in [0.1, 0.15) is 5.70 Å². The minimum Gasteiger partial charge on any atom is -0.372 e. The van der Waals surface area contributed by atoms with Crippen LogP contribution < -0.4 is 15.5 Å². The van der Waals surface area contributed by atoms with Crippen molar-refractivity contribution in [2.24, 2.45) is 10.9 Å². The van der Waals surface area contributed by atoms with Crippen molar-refractivity contribution >= 4 is 23.2 Å². The van der Waals surface area contributed by atoms with Crippen LogP contribution in [0.2, 0.25) is 0 Å². The third-order valence-corrected chi connectivity index (χ3v) is 8.53.